The average molecular weight is 587 g/mol. The summed E-state index contributed by atoms with van der Waals surface area (Å²) in [6.45, 7) is 19.7. The van der Waals surface area contributed by atoms with Gasteiger partial charge in [-0.05, 0) is 96.7 Å². The van der Waals surface area contributed by atoms with Crippen molar-refractivity contribution in [3.05, 3.63) is 113 Å². The fourth-order valence-electron chi connectivity index (χ4n) is 7.82. The molecule has 1 saturated heterocycles. The molecule has 0 spiro atoms. The molecule has 44 heavy (non-hydrogen) atoms. The second-order valence-electron chi connectivity index (χ2n) is 13.2. The lowest BCUT2D eigenvalue weighted by atomic mass is 9.80. The highest BCUT2D eigenvalue weighted by Gasteiger charge is 2.30. The molecule has 2 aromatic carbocycles. The van der Waals surface area contributed by atoms with Gasteiger partial charge in [0.15, 0.2) is 0 Å². The molecule has 6 rings (SSSR count). The van der Waals surface area contributed by atoms with E-state index in [1.54, 1.807) is 11.1 Å². The summed E-state index contributed by atoms with van der Waals surface area (Å²) in [6, 6.07) is 16.5. The molecule has 2 unspecified atom stereocenters. The van der Waals surface area contributed by atoms with Crippen LogP contribution in [0.3, 0.4) is 0 Å². The van der Waals surface area contributed by atoms with E-state index in [1.165, 1.54) is 46.5 Å². The van der Waals surface area contributed by atoms with Gasteiger partial charge in [0.2, 0.25) is 0 Å². The molecule has 0 saturated carbocycles. The molecule has 1 aliphatic heterocycles. The molecule has 3 aliphatic rings. The minimum absolute atomic E-state index is 0.354. The second-order valence-corrected chi connectivity index (χ2v) is 13.2. The number of benzene rings is 2. The molecule has 2 atom stereocenters. The van der Waals surface area contributed by atoms with Gasteiger partial charge in [0.05, 0.1) is 17.6 Å². The number of nitrogens with one attached hydrogen (secondary N) is 1. The molecule has 230 valence electrons. The first-order valence-electron chi connectivity index (χ1n) is 16.9. The lowest BCUT2D eigenvalue weighted by molar-refractivity contribution is 0.229. The van der Waals surface area contributed by atoms with Crippen LogP contribution >= 0.6 is 0 Å². The average Bonchev–Trinajstić information content (AvgIpc) is 3.68. The number of hydrogen-bond acceptors (Lipinski definition) is 3. The number of likely N-dealkylation sites (tertiary alicyclic amines) is 1. The maximum Gasteiger partial charge on any atom is 0.0655 e. The fourth-order valence-corrected chi connectivity index (χ4v) is 7.82. The van der Waals surface area contributed by atoms with Gasteiger partial charge in [-0.2, -0.15) is 5.10 Å². The van der Waals surface area contributed by atoms with Crippen LogP contribution in [0.1, 0.15) is 88.2 Å². The molecule has 2 heterocycles. The van der Waals surface area contributed by atoms with Crippen molar-refractivity contribution >= 4 is 6.08 Å². The van der Waals surface area contributed by atoms with Crippen molar-refractivity contribution in [3.8, 4) is 16.8 Å². The van der Waals surface area contributed by atoms with E-state index in [0.29, 0.717) is 23.9 Å². The van der Waals surface area contributed by atoms with Crippen LogP contribution < -0.4 is 5.32 Å². The molecule has 0 bridgehead atoms. The Bertz CT molecular complexity index is 1580. The van der Waals surface area contributed by atoms with Crippen LogP contribution in [0.15, 0.2) is 90.8 Å². The van der Waals surface area contributed by atoms with Crippen molar-refractivity contribution in [2.24, 2.45) is 11.8 Å². The molecule has 3 aromatic rings. The van der Waals surface area contributed by atoms with Gasteiger partial charge < -0.3 is 10.2 Å². The molecule has 2 aliphatic carbocycles. The molecule has 0 amide bonds. The Morgan fingerprint density at radius 2 is 1.86 bits per heavy atom. The topological polar surface area (TPSA) is 33.1 Å². The molecule has 1 aromatic heterocycles. The number of nitrogens with zero attached hydrogens (tertiary/aromatic N) is 3. The number of piperidine rings is 1. The summed E-state index contributed by atoms with van der Waals surface area (Å²) in [5.74, 6) is 1.20. The van der Waals surface area contributed by atoms with Gasteiger partial charge >= 0.3 is 0 Å². The van der Waals surface area contributed by atoms with Gasteiger partial charge in [-0.25, -0.2) is 4.68 Å². The van der Waals surface area contributed by atoms with Crippen molar-refractivity contribution < 1.29 is 0 Å². The normalized spacial score (nSPS) is 20.4. The maximum absolute atomic E-state index is 4.72. The number of aromatic nitrogens is 2. The lowest BCUT2D eigenvalue weighted by Gasteiger charge is -2.38. The Hall–Kier alpha value is -3.63. The fraction of sp³-hybridized carbons (Fsp3) is 0.425. The Morgan fingerprint density at radius 3 is 2.59 bits per heavy atom. The molecule has 1 fully saturated rings. The number of fused-ring (bicyclic) bond motifs is 1. The van der Waals surface area contributed by atoms with Crippen molar-refractivity contribution in [1.29, 1.82) is 0 Å². The van der Waals surface area contributed by atoms with Crippen molar-refractivity contribution in [1.82, 2.24) is 20.0 Å². The summed E-state index contributed by atoms with van der Waals surface area (Å²) in [6.07, 6.45) is 16.7. The highest BCUT2D eigenvalue weighted by molar-refractivity contribution is 5.72. The molecule has 4 nitrogen and oxygen atoms in total. The van der Waals surface area contributed by atoms with Crippen LogP contribution in [-0.2, 0) is 12.8 Å². The van der Waals surface area contributed by atoms with Crippen molar-refractivity contribution in [3.63, 3.8) is 0 Å². The minimum atomic E-state index is 0.354. The smallest absolute Gasteiger partial charge is 0.0655 e. The lowest BCUT2D eigenvalue weighted by Crippen LogP contribution is -2.36. The molecule has 4 heteroatoms. The Morgan fingerprint density at radius 1 is 1.07 bits per heavy atom. The monoisotopic (exact) mass is 586 g/mol. The Kier molecular flexibility index (Phi) is 9.09. The molecule has 1 N–H and O–H groups in total. The van der Waals surface area contributed by atoms with Gasteiger partial charge in [-0.15, -0.1) is 0 Å². The first-order valence-corrected chi connectivity index (χ1v) is 16.9. The van der Waals surface area contributed by atoms with Crippen LogP contribution in [0.5, 0.6) is 0 Å². The summed E-state index contributed by atoms with van der Waals surface area (Å²) in [5.41, 5.74) is 13.5. The van der Waals surface area contributed by atoms with Gasteiger partial charge in [0.25, 0.3) is 0 Å². The van der Waals surface area contributed by atoms with Gasteiger partial charge in [0, 0.05) is 36.4 Å². The molecule has 0 radical (unpaired) electrons. The van der Waals surface area contributed by atoms with E-state index in [9.17, 15) is 0 Å². The minimum Gasteiger partial charge on any atom is -0.375 e. The number of hydrogen-bond donors (Lipinski definition) is 1. The maximum atomic E-state index is 4.72. The summed E-state index contributed by atoms with van der Waals surface area (Å²) < 4.78 is 2.08. The Balaban J connectivity index is 1.19. The van der Waals surface area contributed by atoms with Gasteiger partial charge in [0.1, 0.15) is 0 Å². The van der Waals surface area contributed by atoms with Crippen molar-refractivity contribution in [2.45, 2.75) is 84.7 Å². The second kappa shape index (κ2) is 13.2. The number of aryl methyl sites for hydroxylation is 1. The van der Waals surface area contributed by atoms with Crippen molar-refractivity contribution in [2.75, 3.05) is 13.1 Å². The summed E-state index contributed by atoms with van der Waals surface area (Å²) in [4.78, 5) is 2.52. The van der Waals surface area contributed by atoms with E-state index >= 15 is 0 Å². The van der Waals surface area contributed by atoms with Crippen LogP contribution in [0.4, 0.5) is 0 Å². The van der Waals surface area contributed by atoms with Crippen LogP contribution in [0, 0.1) is 11.8 Å². The predicted octanol–water partition coefficient (Wildman–Crippen LogP) is 9.24. The number of allylic oxidation sites excluding steroid dienone is 3. The quantitative estimate of drug-likeness (QED) is 0.257. The summed E-state index contributed by atoms with van der Waals surface area (Å²) in [5, 5.41) is 8.83. The molecular formula is C40H50N4. The summed E-state index contributed by atoms with van der Waals surface area (Å²) in [7, 11) is 0. The van der Waals surface area contributed by atoms with E-state index in [0.717, 1.165) is 56.4 Å². The van der Waals surface area contributed by atoms with Gasteiger partial charge in [-0.3, -0.25) is 0 Å². The first kappa shape index (κ1) is 30.4. The SMILES string of the molecule is C=Cc1cnn(-c2cccc(-c3cccc4c3C(NC3C=CC(C5CCN(C(=C)C(C)C)CC5)=C(CC)C3)CC4)c2)c1CC. The molecular weight excluding hydrogens is 536 g/mol. The van der Waals surface area contributed by atoms with Crippen LogP contribution in [-0.4, -0.2) is 33.8 Å². The third kappa shape index (κ3) is 5.89. The van der Waals surface area contributed by atoms with E-state index in [4.69, 9.17) is 5.10 Å². The van der Waals surface area contributed by atoms with E-state index in [1.807, 2.05) is 12.3 Å². The largest absolute Gasteiger partial charge is 0.375 e. The standard InChI is InChI=1S/C40H50N4/c1-7-29-24-34(17-18-36(29)31-20-22-43(23-21-31)28(6)27(4)5)42-38-19-16-32-12-11-15-37(40(32)38)33-13-10-14-35(25-33)44-39(9-3)30(8-2)26-41-44/h8,10-15,17-18,25-27,31,34,38,42H,2,6-7,9,16,19-24H2,1,3-5H3. The van der Waals surface area contributed by atoms with E-state index in [2.05, 4.69) is 110 Å². The van der Waals surface area contributed by atoms with Gasteiger partial charge in [-0.1, -0.05) is 95.0 Å². The van der Waals surface area contributed by atoms with E-state index < -0.39 is 0 Å². The van der Waals surface area contributed by atoms with E-state index in [-0.39, 0.29) is 0 Å². The highest BCUT2D eigenvalue weighted by Crippen LogP contribution is 2.41. The van der Waals surface area contributed by atoms with Crippen LogP contribution in [0.25, 0.3) is 22.9 Å². The zero-order valence-electron chi connectivity index (χ0n) is 27.3. The zero-order valence-corrected chi connectivity index (χ0v) is 27.3. The third-order valence-corrected chi connectivity index (χ3v) is 10.3. The number of rotatable bonds is 10. The van der Waals surface area contributed by atoms with Crippen LogP contribution in [0.2, 0.25) is 0 Å². The summed E-state index contributed by atoms with van der Waals surface area (Å²) >= 11 is 0. The Labute approximate surface area is 265 Å². The highest BCUT2D eigenvalue weighted by atomic mass is 15.3. The predicted molar refractivity (Wildman–Crippen MR) is 186 cm³/mol. The third-order valence-electron chi connectivity index (χ3n) is 10.3. The zero-order chi connectivity index (χ0) is 30.8. The first-order chi connectivity index (χ1) is 21.4.